The van der Waals surface area contributed by atoms with Gasteiger partial charge in [0.15, 0.2) is 11.6 Å². The predicted molar refractivity (Wildman–Crippen MR) is 100 cm³/mol. The third kappa shape index (κ3) is 5.57. The van der Waals surface area contributed by atoms with Gasteiger partial charge in [0.25, 0.3) is 0 Å². The Morgan fingerprint density at radius 1 is 1.24 bits per heavy atom. The number of nitrogens with one attached hydrogen (secondary N) is 1. The molecule has 3 rings (SSSR count). The standard InChI is InChI=1S/C18H14F3N5O2S/c1-11(27)14-10-29-17(23-14)9-26-22-8-15(25-26)24-16(28)7-4-12-2-5-13(6-3-12)18(19,20)21/h2-8,10H,9H2,1H3,(H,24,25,28)/b7-4+. The summed E-state index contributed by atoms with van der Waals surface area (Å²) in [6.45, 7) is 1.67. The SMILES string of the molecule is CC(=O)c1csc(Cn2ncc(NC(=O)/C=C/c3ccc(C(F)(F)F)cc3)n2)n1. The molecule has 0 aliphatic rings. The van der Waals surface area contributed by atoms with Gasteiger partial charge in [-0.3, -0.25) is 9.59 Å². The summed E-state index contributed by atoms with van der Waals surface area (Å²) in [6.07, 6.45) is -0.485. The van der Waals surface area contributed by atoms with E-state index in [1.165, 1.54) is 53.5 Å². The van der Waals surface area contributed by atoms with Gasteiger partial charge in [-0.25, -0.2) is 4.98 Å². The van der Waals surface area contributed by atoms with Gasteiger partial charge < -0.3 is 5.32 Å². The monoisotopic (exact) mass is 421 g/mol. The van der Waals surface area contributed by atoms with E-state index in [2.05, 4.69) is 20.5 Å². The molecule has 11 heteroatoms. The zero-order chi connectivity index (χ0) is 21.0. The van der Waals surface area contributed by atoms with E-state index >= 15 is 0 Å². The Kier molecular flexibility index (Phi) is 5.87. The number of alkyl halides is 3. The van der Waals surface area contributed by atoms with Crippen molar-refractivity contribution in [3.05, 3.63) is 63.7 Å². The van der Waals surface area contributed by atoms with Crippen molar-refractivity contribution in [2.24, 2.45) is 0 Å². The second-order valence-electron chi connectivity index (χ2n) is 5.89. The molecule has 0 atom stereocenters. The number of anilines is 1. The fourth-order valence-corrected chi connectivity index (χ4v) is 3.03. The zero-order valence-corrected chi connectivity index (χ0v) is 15.8. The lowest BCUT2D eigenvalue weighted by Crippen LogP contribution is -2.09. The highest BCUT2D eigenvalue weighted by atomic mass is 32.1. The molecule has 0 fully saturated rings. The van der Waals surface area contributed by atoms with Crippen molar-refractivity contribution in [1.82, 2.24) is 20.0 Å². The lowest BCUT2D eigenvalue weighted by Gasteiger charge is -2.05. The molecule has 0 spiro atoms. The first-order valence-corrected chi connectivity index (χ1v) is 9.10. The van der Waals surface area contributed by atoms with Crippen LogP contribution in [0.5, 0.6) is 0 Å². The summed E-state index contributed by atoms with van der Waals surface area (Å²) < 4.78 is 37.6. The Morgan fingerprint density at radius 3 is 2.59 bits per heavy atom. The van der Waals surface area contributed by atoms with Crippen LogP contribution in [0.2, 0.25) is 0 Å². The van der Waals surface area contributed by atoms with Gasteiger partial charge in [-0.15, -0.1) is 16.4 Å². The first-order chi connectivity index (χ1) is 13.7. The van der Waals surface area contributed by atoms with E-state index in [-0.39, 0.29) is 18.1 Å². The summed E-state index contributed by atoms with van der Waals surface area (Å²) in [7, 11) is 0. The third-order valence-corrected chi connectivity index (χ3v) is 4.48. The van der Waals surface area contributed by atoms with Crippen LogP contribution in [0.3, 0.4) is 0 Å². The molecule has 2 heterocycles. The predicted octanol–water partition coefficient (Wildman–Crippen LogP) is 3.66. The number of amides is 1. The third-order valence-electron chi connectivity index (χ3n) is 3.64. The Labute approximate surface area is 166 Å². The van der Waals surface area contributed by atoms with Crippen LogP contribution in [-0.2, 0) is 17.5 Å². The van der Waals surface area contributed by atoms with Crippen LogP contribution in [0.25, 0.3) is 6.08 Å². The summed E-state index contributed by atoms with van der Waals surface area (Å²) in [5.74, 6) is -0.436. The summed E-state index contributed by atoms with van der Waals surface area (Å²) in [6, 6.07) is 4.43. The van der Waals surface area contributed by atoms with E-state index in [9.17, 15) is 22.8 Å². The molecule has 7 nitrogen and oxygen atoms in total. The fourth-order valence-electron chi connectivity index (χ4n) is 2.22. The van der Waals surface area contributed by atoms with E-state index in [4.69, 9.17) is 0 Å². The topological polar surface area (TPSA) is 89.8 Å². The summed E-state index contributed by atoms with van der Waals surface area (Å²) >= 11 is 1.30. The van der Waals surface area contributed by atoms with Gasteiger partial charge in [0.1, 0.15) is 17.2 Å². The maximum absolute atomic E-state index is 12.5. The van der Waals surface area contributed by atoms with Gasteiger partial charge in [-0.05, 0) is 23.8 Å². The highest BCUT2D eigenvalue weighted by Gasteiger charge is 2.29. The lowest BCUT2D eigenvalue weighted by atomic mass is 10.1. The summed E-state index contributed by atoms with van der Waals surface area (Å²) in [5, 5.41) is 12.9. The number of aromatic nitrogens is 4. The number of Topliss-reactive ketones (excluding diaryl/α,β-unsaturated/α-hetero) is 1. The number of ketones is 1. The van der Waals surface area contributed by atoms with Gasteiger partial charge in [-0.1, -0.05) is 12.1 Å². The minimum atomic E-state index is -4.41. The van der Waals surface area contributed by atoms with Crippen molar-refractivity contribution in [3.63, 3.8) is 0 Å². The van der Waals surface area contributed by atoms with Crippen molar-refractivity contribution >= 4 is 34.9 Å². The second kappa shape index (κ2) is 8.35. The number of carbonyl (C=O) groups is 2. The largest absolute Gasteiger partial charge is 0.416 e. The highest BCUT2D eigenvalue weighted by molar-refractivity contribution is 7.09. The Balaban J connectivity index is 1.57. The van der Waals surface area contributed by atoms with Crippen LogP contribution in [-0.4, -0.2) is 31.7 Å². The molecule has 0 bridgehead atoms. The minimum absolute atomic E-state index is 0.131. The van der Waals surface area contributed by atoms with E-state index < -0.39 is 17.6 Å². The van der Waals surface area contributed by atoms with Crippen molar-refractivity contribution < 1.29 is 22.8 Å². The van der Waals surface area contributed by atoms with Gasteiger partial charge in [0.05, 0.1) is 11.8 Å². The number of benzene rings is 1. The van der Waals surface area contributed by atoms with Gasteiger partial charge >= 0.3 is 6.18 Å². The molecule has 150 valence electrons. The number of carbonyl (C=O) groups excluding carboxylic acids is 2. The van der Waals surface area contributed by atoms with Crippen LogP contribution >= 0.6 is 11.3 Å². The number of nitrogens with zero attached hydrogens (tertiary/aromatic N) is 4. The number of hydrogen-bond donors (Lipinski definition) is 1. The molecule has 0 saturated heterocycles. The molecule has 1 N–H and O–H groups in total. The number of thiazole rings is 1. The van der Waals surface area contributed by atoms with Gasteiger partial charge in [-0.2, -0.15) is 23.1 Å². The zero-order valence-electron chi connectivity index (χ0n) is 15.0. The fraction of sp³-hybridized carbons (Fsp3) is 0.167. The van der Waals surface area contributed by atoms with Crippen LogP contribution in [0.1, 0.15) is 33.5 Å². The molecule has 0 unspecified atom stereocenters. The highest BCUT2D eigenvalue weighted by Crippen LogP contribution is 2.29. The molecular formula is C18H14F3N5O2S. The summed E-state index contributed by atoms with van der Waals surface area (Å²) in [4.78, 5) is 28.7. The van der Waals surface area contributed by atoms with Crippen molar-refractivity contribution in [2.45, 2.75) is 19.6 Å². The number of rotatable bonds is 6. The van der Waals surface area contributed by atoms with Crippen molar-refractivity contribution in [1.29, 1.82) is 0 Å². The molecular weight excluding hydrogens is 407 g/mol. The van der Waals surface area contributed by atoms with Crippen molar-refractivity contribution in [3.8, 4) is 0 Å². The average molecular weight is 421 g/mol. The lowest BCUT2D eigenvalue weighted by molar-refractivity contribution is -0.137. The van der Waals surface area contributed by atoms with Gasteiger partial charge in [0, 0.05) is 18.4 Å². The smallest absolute Gasteiger partial charge is 0.304 e. The maximum Gasteiger partial charge on any atom is 0.416 e. The van der Waals surface area contributed by atoms with Crippen LogP contribution in [0, 0.1) is 0 Å². The van der Waals surface area contributed by atoms with E-state index in [0.29, 0.717) is 16.3 Å². The number of hydrogen-bond acceptors (Lipinski definition) is 6. The van der Waals surface area contributed by atoms with Gasteiger partial charge in [0.2, 0.25) is 5.91 Å². The van der Waals surface area contributed by atoms with Crippen molar-refractivity contribution in [2.75, 3.05) is 5.32 Å². The molecule has 0 aliphatic carbocycles. The molecule has 0 radical (unpaired) electrons. The molecule has 0 saturated carbocycles. The first kappa shape index (κ1) is 20.4. The molecule has 1 amide bonds. The Bertz CT molecular complexity index is 1050. The normalized spacial score (nSPS) is 11.7. The molecule has 1 aromatic carbocycles. The second-order valence-corrected chi connectivity index (χ2v) is 6.83. The average Bonchev–Trinajstić information content (AvgIpc) is 3.30. The molecule has 3 aromatic rings. The Hall–Kier alpha value is -3.34. The van der Waals surface area contributed by atoms with E-state index in [1.807, 2.05) is 0 Å². The van der Waals surface area contributed by atoms with E-state index in [0.717, 1.165) is 12.1 Å². The minimum Gasteiger partial charge on any atom is -0.304 e. The first-order valence-electron chi connectivity index (χ1n) is 8.22. The molecule has 0 aliphatic heterocycles. The quantitative estimate of drug-likeness (QED) is 0.485. The maximum atomic E-state index is 12.5. The summed E-state index contributed by atoms with van der Waals surface area (Å²) in [5.41, 5.74) is 0.0623. The van der Waals surface area contributed by atoms with Crippen LogP contribution in [0.4, 0.5) is 19.0 Å². The molecule has 2 aromatic heterocycles. The van der Waals surface area contributed by atoms with Crippen LogP contribution < -0.4 is 5.32 Å². The van der Waals surface area contributed by atoms with Crippen LogP contribution in [0.15, 0.2) is 41.9 Å². The Morgan fingerprint density at radius 2 is 1.97 bits per heavy atom. The number of halogens is 3. The molecule has 29 heavy (non-hydrogen) atoms. The van der Waals surface area contributed by atoms with E-state index in [1.54, 1.807) is 5.38 Å².